The Balaban J connectivity index is 1.99. The van der Waals surface area contributed by atoms with E-state index in [0.29, 0.717) is 18.0 Å². The molecule has 0 aliphatic carbocycles. The second-order valence-corrected chi connectivity index (χ2v) is 8.55. The molecule has 2 N–H and O–H groups in total. The molecule has 0 saturated carbocycles. The molecule has 21 heavy (non-hydrogen) atoms. The summed E-state index contributed by atoms with van der Waals surface area (Å²) in [5.74, 6) is 0. The molecule has 0 saturated heterocycles. The lowest BCUT2D eigenvalue weighted by Crippen LogP contribution is -2.26. The lowest BCUT2D eigenvalue weighted by molar-refractivity contribution is 0.581. The van der Waals surface area contributed by atoms with Gasteiger partial charge in [-0.15, -0.1) is 11.3 Å². The van der Waals surface area contributed by atoms with E-state index in [0.717, 1.165) is 28.3 Å². The van der Waals surface area contributed by atoms with Crippen molar-refractivity contribution in [2.24, 2.45) is 0 Å². The van der Waals surface area contributed by atoms with Crippen LogP contribution in [0.15, 0.2) is 27.8 Å². The topological polar surface area (TPSA) is 58.2 Å². The van der Waals surface area contributed by atoms with E-state index in [9.17, 15) is 8.42 Å². The zero-order valence-electron chi connectivity index (χ0n) is 12.2. The molecule has 0 amide bonds. The Kier molecular flexibility index (Phi) is 5.95. The van der Waals surface area contributed by atoms with Crippen LogP contribution in [0.5, 0.6) is 0 Å². The average molecular weight is 345 g/mol. The minimum Gasteiger partial charge on any atom is -0.312 e. The van der Waals surface area contributed by atoms with Crippen LogP contribution in [-0.2, 0) is 23.0 Å². The first kappa shape index (κ1) is 16.6. The van der Waals surface area contributed by atoms with Crippen molar-refractivity contribution in [2.75, 3.05) is 13.1 Å². The fourth-order valence-electron chi connectivity index (χ4n) is 1.97. The van der Waals surface area contributed by atoms with Crippen molar-refractivity contribution in [3.8, 4) is 0 Å². The van der Waals surface area contributed by atoms with Crippen LogP contribution in [-0.4, -0.2) is 21.5 Å². The number of nitrogens with one attached hydrogen (secondary N) is 2. The highest BCUT2D eigenvalue weighted by atomic mass is 32.2. The predicted molar refractivity (Wildman–Crippen MR) is 89.6 cm³/mol. The fraction of sp³-hybridized carbons (Fsp3) is 0.429. The van der Waals surface area contributed by atoms with Crippen LogP contribution in [0.25, 0.3) is 0 Å². The van der Waals surface area contributed by atoms with Gasteiger partial charge in [0.1, 0.15) is 0 Å². The van der Waals surface area contributed by atoms with Gasteiger partial charge in [-0.25, -0.2) is 13.1 Å². The highest BCUT2D eigenvalue weighted by molar-refractivity contribution is 7.89. The minimum absolute atomic E-state index is 0.408. The van der Waals surface area contributed by atoms with Crippen molar-refractivity contribution in [3.05, 3.63) is 38.2 Å². The Labute approximate surface area is 134 Å². The molecule has 2 rings (SSSR count). The first-order valence-electron chi connectivity index (χ1n) is 6.83. The van der Waals surface area contributed by atoms with Gasteiger partial charge in [-0.05, 0) is 48.3 Å². The van der Waals surface area contributed by atoms with Gasteiger partial charge in [0.15, 0.2) is 0 Å². The Bertz CT molecular complexity index is 660. The number of hydrogen-bond donors (Lipinski definition) is 2. The number of sulfonamides is 1. The molecule has 0 aliphatic rings. The molecule has 7 heteroatoms. The van der Waals surface area contributed by atoms with E-state index in [-0.39, 0.29) is 0 Å². The van der Waals surface area contributed by atoms with Gasteiger partial charge in [0.25, 0.3) is 0 Å². The molecular formula is C14H20N2O2S3. The predicted octanol–water partition coefficient (Wildman–Crippen LogP) is 2.75. The van der Waals surface area contributed by atoms with Crippen LogP contribution in [0.3, 0.4) is 0 Å². The second kappa shape index (κ2) is 7.51. The monoisotopic (exact) mass is 344 g/mol. The number of thiophene rings is 2. The van der Waals surface area contributed by atoms with E-state index in [1.165, 1.54) is 11.3 Å². The maximum Gasteiger partial charge on any atom is 0.241 e. The highest BCUT2D eigenvalue weighted by Crippen LogP contribution is 2.25. The number of rotatable bonds is 8. The second-order valence-electron chi connectivity index (χ2n) is 4.69. The van der Waals surface area contributed by atoms with E-state index >= 15 is 0 Å². The summed E-state index contributed by atoms with van der Waals surface area (Å²) in [6.45, 7) is 5.90. The van der Waals surface area contributed by atoms with E-state index in [1.807, 2.05) is 30.7 Å². The summed E-state index contributed by atoms with van der Waals surface area (Å²) < 4.78 is 27.4. The normalized spacial score (nSPS) is 11.9. The maximum atomic E-state index is 12.3. The summed E-state index contributed by atoms with van der Waals surface area (Å²) in [6, 6.07) is 3.79. The van der Waals surface area contributed by atoms with Crippen LogP contribution in [0.4, 0.5) is 0 Å². The van der Waals surface area contributed by atoms with Crippen LogP contribution in [0.2, 0.25) is 0 Å². The van der Waals surface area contributed by atoms with Crippen molar-refractivity contribution in [2.45, 2.75) is 31.7 Å². The smallest absolute Gasteiger partial charge is 0.241 e. The maximum absolute atomic E-state index is 12.3. The Morgan fingerprint density at radius 1 is 1.33 bits per heavy atom. The molecule has 0 aliphatic heterocycles. The first-order valence-corrected chi connectivity index (χ1v) is 10.1. The van der Waals surface area contributed by atoms with Gasteiger partial charge < -0.3 is 5.32 Å². The van der Waals surface area contributed by atoms with Gasteiger partial charge >= 0.3 is 0 Å². The third kappa shape index (κ3) is 4.62. The molecule has 0 spiro atoms. The van der Waals surface area contributed by atoms with Gasteiger partial charge in [0.2, 0.25) is 10.0 Å². The van der Waals surface area contributed by atoms with Crippen molar-refractivity contribution < 1.29 is 8.42 Å². The SMILES string of the molecule is CCNCc1cc(S(=O)(=O)NCCc2ccsc2)c(C)s1. The lowest BCUT2D eigenvalue weighted by Gasteiger charge is -2.05. The molecule has 0 fully saturated rings. The van der Waals surface area contributed by atoms with Crippen LogP contribution < -0.4 is 10.0 Å². The first-order chi connectivity index (χ1) is 10.0. The average Bonchev–Trinajstić information content (AvgIpc) is 3.06. The standard InChI is InChI=1S/C14H20N2O2S3/c1-3-15-9-13-8-14(11(2)20-13)21(17,18)16-6-4-12-5-7-19-10-12/h5,7-8,10,15-16H,3-4,6,9H2,1-2H3. The summed E-state index contributed by atoms with van der Waals surface area (Å²) in [4.78, 5) is 2.30. The summed E-state index contributed by atoms with van der Waals surface area (Å²) in [6.07, 6.45) is 0.718. The molecule has 2 aromatic rings. The Morgan fingerprint density at radius 2 is 2.14 bits per heavy atom. The number of hydrogen-bond acceptors (Lipinski definition) is 5. The van der Waals surface area contributed by atoms with Gasteiger partial charge in [0.05, 0.1) is 4.90 Å². The molecule has 4 nitrogen and oxygen atoms in total. The van der Waals surface area contributed by atoms with Gasteiger partial charge in [0, 0.05) is 22.8 Å². The largest absolute Gasteiger partial charge is 0.312 e. The molecule has 0 radical (unpaired) electrons. The zero-order chi connectivity index (χ0) is 15.3. The van der Waals surface area contributed by atoms with E-state index in [1.54, 1.807) is 17.4 Å². The summed E-state index contributed by atoms with van der Waals surface area (Å²) in [5, 5.41) is 7.25. The molecule has 2 heterocycles. The third-order valence-electron chi connectivity index (χ3n) is 3.05. The fourth-order valence-corrected chi connectivity index (χ4v) is 5.31. The zero-order valence-corrected chi connectivity index (χ0v) is 14.6. The minimum atomic E-state index is -3.41. The van der Waals surface area contributed by atoms with Gasteiger partial charge in [-0.3, -0.25) is 0 Å². The highest BCUT2D eigenvalue weighted by Gasteiger charge is 2.19. The van der Waals surface area contributed by atoms with E-state index < -0.39 is 10.0 Å². The Morgan fingerprint density at radius 3 is 2.81 bits per heavy atom. The van der Waals surface area contributed by atoms with Crippen molar-refractivity contribution in [3.63, 3.8) is 0 Å². The summed E-state index contributed by atoms with van der Waals surface area (Å²) in [7, 11) is -3.41. The third-order valence-corrected chi connectivity index (χ3v) is 6.55. The summed E-state index contributed by atoms with van der Waals surface area (Å²) in [5.41, 5.74) is 1.16. The van der Waals surface area contributed by atoms with Crippen LogP contribution in [0, 0.1) is 6.92 Å². The van der Waals surface area contributed by atoms with Crippen LogP contribution >= 0.6 is 22.7 Å². The van der Waals surface area contributed by atoms with Gasteiger partial charge in [-0.2, -0.15) is 11.3 Å². The molecule has 0 atom stereocenters. The van der Waals surface area contributed by atoms with E-state index in [2.05, 4.69) is 10.0 Å². The summed E-state index contributed by atoms with van der Waals surface area (Å²) >= 11 is 3.16. The van der Waals surface area contributed by atoms with Crippen molar-refractivity contribution >= 4 is 32.7 Å². The molecule has 2 aromatic heterocycles. The molecule has 0 unspecified atom stereocenters. The molecule has 0 aromatic carbocycles. The lowest BCUT2D eigenvalue weighted by atomic mass is 10.2. The van der Waals surface area contributed by atoms with E-state index in [4.69, 9.17) is 0 Å². The van der Waals surface area contributed by atoms with Crippen LogP contribution in [0.1, 0.15) is 22.2 Å². The quantitative estimate of drug-likeness (QED) is 0.774. The Hall–Kier alpha value is -0.730. The van der Waals surface area contributed by atoms with Gasteiger partial charge in [-0.1, -0.05) is 6.92 Å². The van der Waals surface area contributed by atoms with Crippen molar-refractivity contribution in [1.82, 2.24) is 10.0 Å². The molecule has 116 valence electrons. The number of aryl methyl sites for hydroxylation is 1. The van der Waals surface area contributed by atoms with Crippen molar-refractivity contribution in [1.29, 1.82) is 0 Å². The molecule has 0 bridgehead atoms. The molecular weight excluding hydrogens is 324 g/mol.